The van der Waals surface area contributed by atoms with E-state index in [1.165, 1.54) is 0 Å². The van der Waals surface area contributed by atoms with Gasteiger partial charge in [0.15, 0.2) is 17.0 Å². The molecule has 0 bridgehead atoms. The fraction of sp³-hybridized carbons (Fsp3) is 0.286. The van der Waals surface area contributed by atoms with Gasteiger partial charge in [0.05, 0.1) is 18.2 Å². The van der Waals surface area contributed by atoms with E-state index in [-0.39, 0.29) is 29.9 Å². The van der Waals surface area contributed by atoms with E-state index in [9.17, 15) is 9.36 Å². The highest BCUT2D eigenvalue weighted by Crippen LogP contribution is 2.33. The number of nitrogens with two attached hydrogens (primary N) is 2. The molecule has 0 fully saturated rings. The molecule has 1 unspecified atom stereocenters. The van der Waals surface area contributed by atoms with Crippen molar-refractivity contribution in [1.29, 1.82) is 0 Å². The van der Waals surface area contributed by atoms with Gasteiger partial charge in [-0.25, -0.2) is 9.97 Å². The summed E-state index contributed by atoms with van der Waals surface area (Å²) in [5.41, 5.74) is 14.4. The van der Waals surface area contributed by atoms with Crippen LogP contribution >= 0.6 is 7.14 Å². The van der Waals surface area contributed by atoms with E-state index in [1.54, 1.807) is 31.7 Å². The van der Waals surface area contributed by atoms with Crippen LogP contribution in [0.5, 0.6) is 0 Å². The minimum absolute atomic E-state index is 0.0312. The zero-order valence-electron chi connectivity index (χ0n) is 17.4. The molecule has 0 radical (unpaired) electrons. The second kappa shape index (κ2) is 9.11. The molecule has 5 N–H and O–H groups in total. The van der Waals surface area contributed by atoms with Crippen LogP contribution in [-0.2, 0) is 11.0 Å². The lowest BCUT2D eigenvalue weighted by atomic mass is 9.91. The van der Waals surface area contributed by atoms with Crippen LogP contribution in [0.1, 0.15) is 34.0 Å². The van der Waals surface area contributed by atoms with Gasteiger partial charge in [0.2, 0.25) is 5.95 Å². The van der Waals surface area contributed by atoms with Crippen LogP contribution in [0, 0.1) is 12.3 Å². The summed E-state index contributed by atoms with van der Waals surface area (Å²) in [5.74, 6) is 2.61. The fourth-order valence-electron chi connectivity index (χ4n) is 3.05. The molecule has 1 atom stereocenters. The first-order valence-corrected chi connectivity index (χ1v) is 12.3. The van der Waals surface area contributed by atoms with Crippen LogP contribution in [-0.4, -0.2) is 45.5 Å². The Hall–Kier alpha value is -3.50. The molecule has 160 valence electrons. The lowest BCUT2D eigenvalue weighted by molar-refractivity contribution is 0.0960. The molecular weight excluding hydrogens is 413 g/mol. The van der Waals surface area contributed by atoms with Crippen LogP contribution in [0.25, 0.3) is 11.2 Å². The molecule has 0 saturated carbocycles. The van der Waals surface area contributed by atoms with Crippen molar-refractivity contribution in [3.63, 3.8) is 0 Å². The van der Waals surface area contributed by atoms with Crippen molar-refractivity contribution in [3.05, 3.63) is 47.3 Å². The van der Waals surface area contributed by atoms with Gasteiger partial charge in [-0.2, -0.15) is 9.97 Å². The Balaban J connectivity index is 1.79. The molecule has 9 nitrogen and oxygen atoms in total. The number of amides is 1. The summed E-state index contributed by atoms with van der Waals surface area (Å²) < 4.78 is 11.8. The maximum absolute atomic E-state index is 12.3. The Bertz CT molecular complexity index is 1200. The first-order chi connectivity index (χ1) is 14.7. The van der Waals surface area contributed by atoms with Gasteiger partial charge in [0, 0.05) is 17.9 Å². The number of aromatic nitrogens is 4. The third-order valence-electron chi connectivity index (χ3n) is 4.59. The van der Waals surface area contributed by atoms with Gasteiger partial charge in [-0.1, -0.05) is 12.1 Å². The number of carbonyl (C=O) groups is 1. The standard InChI is InChI=1S/C21H24N7O2P/c1-4-5-15(10-16-11-24-19-17(26-16)18(22)27-21(23)28-19)13-6-8-14(9-7-13)20(29)25-12-31(2,3)30/h1,6-9,11,15H,5,10,12H2,2-3H3,(H,25,29)(H4,22,23,24,27,28). The van der Waals surface area contributed by atoms with E-state index < -0.39 is 7.14 Å². The summed E-state index contributed by atoms with van der Waals surface area (Å²) in [6, 6.07) is 7.18. The molecule has 0 aliphatic carbocycles. The number of hydrogen-bond donors (Lipinski definition) is 3. The average Bonchev–Trinajstić information content (AvgIpc) is 2.71. The smallest absolute Gasteiger partial charge is 0.251 e. The number of anilines is 2. The number of hydrogen-bond acceptors (Lipinski definition) is 8. The lowest BCUT2D eigenvalue weighted by Gasteiger charge is -2.15. The summed E-state index contributed by atoms with van der Waals surface area (Å²) in [7, 11) is -2.33. The molecule has 1 amide bonds. The molecule has 0 aliphatic rings. The van der Waals surface area contributed by atoms with E-state index in [4.69, 9.17) is 17.9 Å². The number of nitrogen functional groups attached to an aromatic ring is 2. The average molecular weight is 437 g/mol. The van der Waals surface area contributed by atoms with Crippen molar-refractivity contribution in [1.82, 2.24) is 25.3 Å². The van der Waals surface area contributed by atoms with Gasteiger partial charge >= 0.3 is 0 Å². The van der Waals surface area contributed by atoms with Crippen molar-refractivity contribution >= 4 is 36.0 Å². The zero-order valence-corrected chi connectivity index (χ0v) is 18.3. The SMILES string of the molecule is C#CCC(Cc1cnc2nc(N)nc(N)c2n1)c1ccc(C(=O)NCP(C)(C)=O)cc1. The van der Waals surface area contributed by atoms with Crippen molar-refractivity contribution in [2.75, 3.05) is 31.1 Å². The summed E-state index contributed by atoms with van der Waals surface area (Å²) in [5, 5.41) is 2.69. The Morgan fingerprint density at radius 3 is 2.55 bits per heavy atom. The molecule has 1 aromatic carbocycles. The van der Waals surface area contributed by atoms with Crippen LogP contribution in [0.4, 0.5) is 11.8 Å². The predicted molar refractivity (Wildman–Crippen MR) is 122 cm³/mol. The third kappa shape index (κ3) is 5.77. The first kappa shape index (κ1) is 22.2. The van der Waals surface area contributed by atoms with Crippen LogP contribution in [0.3, 0.4) is 0 Å². The second-order valence-electron chi connectivity index (χ2n) is 7.67. The molecule has 2 aromatic heterocycles. The highest BCUT2D eigenvalue weighted by molar-refractivity contribution is 7.62. The minimum Gasteiger partial charge on any atom is -0.382 e. The molecule has 0 saturated heterocycles. The van der Waals surface area contributed by atoms with Gasteiger partial charge in [-0.3, -0.25) is 4.79 Å². The maximum atomic E-state index is 12.3. The van der Waals surface area contributed by atoms with Crippen LogP contribution in [0.2, 0.25) is 0 Å². The number of terminal acetylenes is 1. The molecule has 0 spiro atoms. The number of benzene rings is 1. The number of rotatable bonds is 7. The van der Waals surface area contributed by atoms with Crippen LogP contribution in [0.15, 0.2) is 30.5 Å². The minimum atomic E-state index is -2.33. The lowest BCUT2D eigenvalue weighted by Crippen LogP contribution is -2.24. The number of nitrogens with zero attached hydrogens (tertiary/aromatic N) is 4. The Morgan fingerprint density at radius 1 is 1.19 bits per heavy atom. The molecular formula is C21H24N7O2P. The van der Waals surface area contributed by atoms with Gasteiger partial charge in [-0.15, -0.1) is 12.3 Å². The summed E-state index contributed by atoms with van der Waals surface area (Å²) in [6.07, 6.45) is 8.36. The van der Waals surface area contributed by atoms with E-state index in [0.717, 1.165) is 5.56 Å². The highest BCUT2D eigenvalue weighted by Gasteiger charge is 2.16. The number of carbonyl (C=O) groups excluding carboxylic acids is 1. The Labute approximate surface area is 180 Å². The first-order valence-electron chi connectivity index (χ1n) is 9.56. The predicted octanol–water partition coefficient (Wildman–Crippen LogP) is 2.24. The Morgan fingerprint density at radius 2 is 1.90 bits per heavy atom. The van der Waals surface area contributed by atoms with Gasteiger partial charge in [0.1, 0.15) is 7.14 Å². The van der Waals surface area contributed by atoms with E-state index in [0.29, 0.717) is 35.3 Å². The molecule has 31 heavy (non-hydrogen) atoms. The molecule has 0 aliphatic heterocycles. The zero-order chi connectivity index (χ0) is 22.6. The summed E-state index contributed by atoms with van der Waals surface area (Å²) in [6.45, 7) is 3.26. The summed E-state index contributed by atoms with van der Waals surface area (Å²) >= 11 is 0. The fourth-order valence-corrected chi connectivity index (χ4v) is 3.58. The normalized spacial score (nSPS) is 12.3. The maximum Gasteiger partial charge on any atom is 0.251 e. The number of nitrogens with one attached hydrogen (secondary N) is 1. The van der Waals surface area contributed by atoms with E-state index >= 15 is 0 Å². The largest absolute Gasteiger partial charge is 0.382 e. The molecule has 3 rings (SSSR count). The summed E-state index contributed by atoms with van der Waals surface area (Å²) in [4.78, 5) is 29.0. The number of fused-ring (bicyclic) bond motifs is 1. The highest BCUT2D eigenvalue weighted by atomic mass is 31.2. The monoisotopic (exact) mass is 437 g/mol. The second-order valence-corrected chi connectivity index (χ2v) is 11.1. The molecule has 10 heteroatoms. The Kier molecular flexibility index (Phi) is 6.52. The van der Waals surface area contributed by atoms with E-state index in [1.807, 2.05) is 12.1 Å². The van der Waals surface area contributed by atoms with E-state index in [2.05, 4.69) is 31.2 Å². The van der Waals surface area contributed by atoms with Crippen molar-refractivity contribution in [2.45, 2.75) is 18.8 Å². The molecule has 2 heterocycles. The third-order valence-corrected chi connectivity index (χ3v) is 5.51. The van der Waals surface area contributed by atoms with Gasteiger partial charge in [-0.05, 0) is 37.4 Å². The van der Waals surface area contributed by atoms with Crippen LogP contribution < -0.4 is 16.8 Å². The molecule has 3 aromatic rings. The van der Waals surface area contributed by atoms with Gasteiger partial charge < -0.3 is 21.3 Å². The van der Waals surface area contributed by atoms with Crippen molar-refractivity contribution in [3.8, 4) is 12.3 Å². The van der Waals surface area contributed by atoms with Crippen molar-refractivity contribution in [2.24, 2.45) is 0 Å². The quantitative estimate of drug-likeness (QED) is 0.376. The van der Waals surface area contributed by atoms with Crippen molar-refractivity contribution < 1.29 is 9.36 Å². The topological polar surface area (TPSA) is 150 Å². The van der Waals surface area contributed by atoms with Gasteiger partial charge in [0.25, 0.3) is 5.91 Å².